The third kappa shape index (κ3) is 5.69. The summed E-state index contributed by atoms with van der Waals surface area (Å²) < 4.78 is 13.3. The molecular formula is C18H20FNO2S. The van der Waals surface area contributed by atoms with Gasteiger partial charge in [0.25, 0.3) is 0 Å². The fourth-order valence-corrected chi connectivity index (χ4v) is 2.87. The number of aliphatic hydroxyl groups excluding tert-OH is 1. The van der Waals surface area contributed by atoms with Crippen LogP contribution in [0, 0.1) is 12.7 Å². The van der Waals surface area contributed by atoms with Crippen molar-refractivity contribution >= 4 is 17.7 Å². The molecule has 0 saturated heterocycles. The number of aliphatic hydroxyl groups is 1. The van der Waals surface area contributed by atoms with Gasteiger partial charge in [0, 0.05) is 17.9 Å². The Hall–Kier alpha value is -1.85. The van der Waals surface area contributed by atoms with E-state index in [-0.39, 0.29) is 18.1 Å². The minimum Gasteiger partial charge on any atom is -0.392 e. The molecule has 122 valence electrons. The molecule has 0 aliphatic carbocycles. The maximum atomic E-state index is 13.3. The largest absolute Gasteiger partial charge is 0.392 e. The highest BCUT2D eigenvalue weighted by molar-refractivity contribution is 7.99. The van der Waals surface area contributed by atoms with Crippen LogP contribution in [0.15, 0.2) is 42.5 Å². The van der Waals surface area contributed by atoms with Gasteiger partial charge in [-0.1, -0.05) is 35.9 Å². The average Bonchev–Trinajstić information content (AvgIpc) is 2.56. The van der Waals surface area contributed by atoms with Crippen LogP contribution < -0.4 is 5.32 Å². The lowest BCUT2D eigenvalue weighted by molar-refractivity contribution is -0.118. The van der Waals surface area contributed by atoms with Crippen LogP contribution in [-0.4, -0.2) is 16.8 Å². The molecule has 0 aromatic heterocycles. The molecule has 0 aliphatic rings. The fraction of sp³-hybridized carbons (Fsp3) is 0.278. The first kappa shape index (κ1) is 17.5. The van der Waals surface area contributed by atoms with Crippen LogP contribution in [0.25, 0.3) is 0 Å². The van der Waals surface area contributed by atoms with Gasteiger partial charge >= 0.3 is 0 Å². The molecule has 0 radical (unpaired) electrons. The van der Waals surface area contributed by atoms with E-state index in [1.807, 2.05) is 6.92 Å². The summed E-state index contributed by atoms with van der Waals surface area (Å²) in [4.78, 5) is 11.8. The Balaban J connectivity index is 1.73. The molecule has 0 heterocycles. The number of thioether (sulfide) groups is 1. The zero-order valence-corrected chi connectivity index (χ0v) is 13.8. The molecule has 2 aromatic rings. The summed E-state index contributed by atoms with van der Waals surface area (Å²) in [5, 5.41) is 11.8. The maximum absolute atomic E-state index is 13.3. The molecule has 0 fully saturated rings. The standard InChI is InChI=1S/C18H20FNO2S/c1-13-2-4-14(5-3-13)11-23-12-18(22)20-9-15-6-7-17(19)16(8-15)10-21/h2-8,21H,9-12H2,1H3,(H,20,22). The molecule has 2 N–H and O–H groups in total. The van der Waals surface area contributed by atoms with Crippen LogP contribution in [0.3, 0.4) is 0 Å². The molecule has 0 saturated carbocycles. The van der Waals surface area contributed by atoms with E-state index < -0.39 is 5.82 Å². The lowest BCUT2D eigenvalue weighted by Gasteiger charge is -2.07. The summed E-state index contributed by atoms with van der Waals surface area (Å²) in [5.74, 6) is 0.675. The van der Waals surface area contributed by atoms with E-state index in [0.717, 1.165) is 11.3 Å². The first-order chi connectivity index (χ1) is 11.1. The van der Waals surface area contributed by atoms with Gasteiger partial charge < -0.3 is 10.4 Å². The number of halogens is 1. The number of hydrogen-bond acceptors (Lipinski definition) is 3. The highest BCUT2D eigenvalue weighted by atomic mass is 32.2. The summed E-state index contributed by atoms with van der Waals surface area (Å²) >= 11 is 1.55. The van der Waals surface area contributed by atoms with Gasteiger partial charge in [-0.05, 0) is 30.2 Å². The molecule has 0 atom stereocenters. The minimum atomic E-state index is -0.434. The van der Waals surface area contributed by atoms with Gasteiger partial charge in [-0.15, -0.1) is 11.8 Å². The number of aryl methyl sites for hydroxylation is 1. The topological polar surface area (TPSA) is 49.3 Å². The van der Waals surface area contributed by atoms with Crippen LogP contribution in [0.5, 0.6) is 0 Å². The number of amides is 1. The van der Waals surface area contributed by atoms with Crippen LogP contribution in [0.1, 0.15) is 22.3 Å². The lowest BCUT2D eigenvalue weighted by atomic mass is 10.1. The Bertz CT molecular complexity index is 659. The predicted molar refractivity (Wildman–Crippen MR) is 91.5 cm³/mol. The highest BCUT2D eigenvalue weighted by Crippen LogP contribution is 2.13. The molecule has 0 bridgehead atoms. The van der Waals surface area contributed by atoms with Gasteiger partial charge in [0.1, 0.15) is 5.82 Å². The van der Waals surface area contributed by atoms with Gasteiger partial charge in [0.15, 0.2) is 0 Å². The van der Waals surface area contributed by atoms with Crippen molar-refractivity contribution in [2.24, 2.45) is 0 Å². The van der Waals surface area contributed by atoms with Crippen LogP contribution in [0.2, 0.25) is 0 Å². The van der Waals surface area contributed by atoms with E-state index in [1.54, 1.807) is 23.9 Å². The third-order valence-electron chi connectivity index (χ3n) is 3.39. The van der Waals surface area contributed by atoms with E-state index in [0.29, 0.717) is 12.3 Å². The number of rotatable bonds is 7. The molecule has 2 rings (SSSR count). The van der Waals surface area contributed by atoms with Crippen LogP contribution >= 0.6 is 11.8 Å². The summed E-state index contributed by atoms with van der Waals surface area (Å²) in [6, 6.07) is 12.7. The monoisotopic (exact) mass is 333 g/mol. The molecule has 23 heavy (non-hydrogen) atoms. The molecular weight excluding hydrogens is 313 g/mol. The van der Waals surface area contributed by atoms with Crippen molar-refractivity contribution in [1.82, 2.24) is 5.32 Å². The van der Waals surface area contributed by atoms with E-state index in [4.69, 9.17) is 5.11 Å². The van der Waals surface area contributed by atoms with Crippen molar-refractivity contribution in [3.63, 3.8) is 0 Å². The number of carbonyl (C=O) groups excluding carboxylic acids is 1. The zero-order chi connectivity index (χ0) is 16.7. The molecule has 5 heteroatoms. The first-order valence-electron chi connectivity index (χ1n) is 7.36. The van der Waals surface area contributed by atoms with E-state index >= 15 is 0 Å². The van der Waals surface area contributed by atoms with Crippen molar-refractivity contribution in [3.05, 3.63) is 70.5 Å². The molecule has 2 aromatic carbocycles. The summed E-state index contributed by atoms with van der Waals surface area (Å²) in [6.07, 6.45) is 0. The Morgan fingerprint density at radius 2 is 1.87 bits per heavy atom. The molecule has 3 nitrogen and oxygen atoms in total. The SMILES string of the molecule is Cc1ccc(CSCC(=O)NCc2ccc(F)c(CO)c2)cc1. The number of carbonyl (C=O) groups is 1. The predicted octanol–water partition coefficient (Wildman–Crippen LogP) is 3.18. The van der Waals surface area contributed by atoms with Gasteiger partial charge in [-0.25, -0.2) is 4.39 Å². The highest BCUT2D eigenvalue weighted by Gasteiger charge is 2.05. The maximum Gasteiger partial charge on any atom is 0.230 e. The third-order valence-corrected chi connectivity index (χ3v) is 4.40. The summed E-state index contributed by atoms with van der Waals surface area (Å²) in [6.45, 7) is 2.03. The lowest BCUT2D eigenvalue weighted by Crippen LogP contribution is -2.24. The van der Waals surface area contributed by atoms with Crippen molar-refractivity contribution < 1.29 is 14.3 Å². The van der Waals surface area contributed by atoms with E-state index in [9.17, 15) is 9.18 Å². The van der Waals surface area contributed by atoms with Gasteiger partial charge in [-0.2, -0.15) is 0 Å². The fourth-order valence-electron chi connectivity index (χ4n) is 2.06. The summed E-state index contributed by atoms with van der Waals surface area (Å²) in [7, 11) is 0. The zero-order valence-electron chi connectivity index (χ0n) is 13.0. The van der Waals surface area contributed by atoms with Gasteiger partial charge in [-0.3, -0.25) is 4.79 Å². The Labute approximate surface area is 139 Å². The van der Waals surface area contributed by atoms with Crippen molar-refractivity contribution in [2.45, 2.75) is 25.8 Å². The molecule has 1 amide bonds. The quantitative estimate of drug-likeness (QED) is 0.818. The van der Waals surface area contributed by atoms with Crippen LogP contribution in [-0.2, 0) is 23.7 Å². The second-order valence-electron chi connectivity index (χ2n) is 5.34. The minimum absolute atomic E-state index is 0.0583. The first-order valence-corrected chi connectivity index (χ1v) is 8.52. The smallest absolute Gasteiger partial charge is 0.230 e. The number of hydrogen-bond donors (Lipinski definition) is 2. The second-order valence-corrected chi connectivity index (χ2v) is 6.32. The van der Waals surface area contributed by atoms with Crippen molar-refractivity contribution in [3.8, 4) is 0 Å². The Kier molecular flexibility index (Phi) is 6.62. The number of nitrogens with one attached hydrogen (secondary N) is 1. The Morgan fingerprint density at radius 1 is 1.17 bits per heavy atom. The van der Waals surface area contributed by atoms with Crippen molar-refractivity contribution in [1.29, 1.82) is 0 Å². The number of benzene rings is 2. The van der Waals surface area contributed by atoms with Gasteiger partial charge in [0.05, 0.1) is 12.4 Å². The molecule has 0 spiro atoms. The van der Waals surface area contributed by atoms with E-state index in [1.165, 1.54) is 17.2 Å². The average molecular weight is 333 g/mol. The normalized spacial score (nSPS) is 10.6. The summed E-state index contributed by atoms with van der Waals surface area (Å²) in [5.41, 5.74) is 3.43. The van der Waals surface area contributed by atoms with E-state index in [2.05, 4.69) is 29.6 Å². The van der Waals surface area contributed by atoms with Gasteiger partial charge in [0.2, 0.25) is 5.91 Å². The second kappa shape index (κ2) is 8.70. The molecule has 0 aliphatic heterocycles. The van der Waals surface area contributed by atoms with Crippen molar-refractivity contribution in [2.75, 3.05) is 5.75 Å². The van der Waals surface area contributed by atoms with Crippen LogP contribution in [0.4, 0.5) is 4.39 Å². The molecule has 0 unspecified atom stereocenters. The Morgan fingerprint density at radius 3 is 2.57 bits per heavy atom.